The molecule has 144 valence electrons. The predicted molar refractivity (Wildman–Crippen MR) is 103 cm³/mol. The number of cyclic esters (lactones) is 1. The fourth-order valence-electron chi connectivity index (χ4n) is 2.55. The van der Waals surface area contributed by atoms with Crippen LogP contribution in [0.5, 0.6) is 0 Å². The molecular formula is C20H23ClN2O4. The topological polar surface area (TPSA) is 84.5 Å². The molecule has 2 N–H and O–H groups in total. The number of benzene rings is 1. The Kier molecular flexibility index (Phi) is 8.07. The zero-order valence-corrected chi connectivity index (χ0v) is 15.9. The Balaban J connectivity index is 1.94. The monoisotopic (exact) mass is 390 g/mol. The molecule has 0 radical (unpaired) electrons. The van der Waals surface area contributed by atoms with Crippen molar-refractivity contribution in [3.63, 3.8) is 0 Å². The molecule has 0 unspecified atom stereocenters. The summed E-state index contributed by atoms with van der Waals surface area (Å²) < 4.78 is 4.99. The average molecular weight is 391 g/mol. The van der Waals surface area contributed by atoms with Crippen molar-refractivity contribution in [2.24, 2.45) is 5.92 Å². The number of ether oxygens (including phenoxy) is 1. The molecule has 1 aliphatic heterocycles. The number of nitrogens with one attached hydrogen (secondary N) is 2. The highest BCUT2D eigenvalue weighted by molar-refractivity contribution is 6.30. The van der Waals surface area contributed by atoms with Crippen LogP contribution in [0.25, 0.3) is 0 Å². The zero-order chi connectivity index (χ0) is 19.6. The molecule has 0 aliphatic carbocycles. The second-order valence-corrected chi connectivity index (χ2v) is 6.73. The minimum atomic E-state index is -0.491. The lowest BCUT2D eigenvalue weighted by Gasteiger charge is -2.16. The lowest BCUT2D eigenvalue weighted by atomic mass is 9.98. The normalized spacial score (nSPS) is 18.4. The van der Waals surface area contributed by atoms with Gasteiger partial charge in [0.05, 0.1) is 12.5 Å². The third-order valence-electron chi connectivity index (χ3n) is 4.00. The third kappa shape index (κ3) is 7.66. The molecule has 2 rings (SSSR count). The molecule has 1 heterocycles. The predicted octanol–water partition coefficient (Wildman–Crippen LogP) is 2.53. The second kappa shape index (κ2) is 10.5. The van der Waals surface area contributed by atoms with Gasteiger partial charge in [0, 0.05) is 24.1 Å². The van der Waals surface area contributed by atoms with Crippen LogP contribution >= 0.6 is 11.6 Å². The maximum atomic E-state index is 12.3. The van der Waals surface area contributed by atoms with Crippen molar-refractivity contribution in [3.8, 4) is 0 Å². The molecule has 27 heavy (non-hydrogen) atoms. The van der Waals surface area contributed by atoms with Gasteiger partial charge in [-0.15, -0.1) is 0 Å². The second-order valence-electron chi connectivity index (χ2n) is 6.29. The van der Waals surface area contributed by atoms with Gasteiger partial charge in [-0.3, -0.25) is 9.59 Å². The van der Waals surface area contributed by atoms with Gasteiger partial charge in [-0.1, -0.05) is 35.9 Å². The Hall–Kier alpha value is -2.60. The fourth-order valence-corrected chi connectivity index (χ4v) is 2.67. The minimum Gasteiger partial charge on any atom is -0.461 e. The smallest absolute Gasteiger partial charge is 0.331 e. The lowest BCUT2D eigenvalue weighted by Crippen LogP contribution is -2.36. The first-order valence-electron chi connectivity index (χ1n) is 8.74. The van der Waals surface area contributed by atoms with Gasteiger partial charge in [-0.2, -0.15) is 0 Å². The summed E-state index contributed by atoms with van der Waals surface area (Å²) in [4.78, 5) is 36.1. The van der Waals surface area contributed by atoms with Gasteiger partial charge in [-0.05, 0) is 36.6 Å². The maximum Gasteiger partial charge on any atom is 0.331 e. The molecule has 0 spiro atoms. The first-order chi connectivity index (χ1) is 12.9. The summed E-state index contributed by atoms with van der Waals surface area (Å²) in [5.41, 5.74) is 1.66. The minimum absolute atomic E-state index is 0.0757. The number of hydrogen-bond acceptors (Lipinski definition) is 4. The quantitative estimate of drug-likeness (QED) is 0.774. The molecule has 6 nitrogen and oxygen atoms in total. The van der Waals surface area contributed by atoms with E-state index < -0.39 is 11.9 Å². The summed E-state index contributed by atoms with van der Waals surface area (Å²) >= 11 is 5.84. The van der Waals surface area contributed by atoms with Crippen LogP contribution in [-0.2, 0) is 25.7 Å². The molecule has 0 saturated heterocycles. The Labute approximate surface area is 163 Å². The Morgan fingerprint density at radius 3 is 2.78 bits per heavy atom. The van der Waals surface area contributed by atoms with E-state index in [1.165, 1.54) is 6.08 Å². The van der Waals surface area contributed by atoms with Crippen LogP contribution in [0.2, 0.25) is 5.02 Å². The highest BCUT2D eigenvalue weighted by Crippen LogP contribution is 2.13. The summed E-state index contributed by atoms with van der Waals surface area (Å²) in [5, 5.41) is 6.16. The zero-order valence-electron chi connectivity index (χ0n) is 15.2. The number of esters is 1. The van der Waals surface area contributed by atoms with Gasteiger partial charge in [0.25, 0.3) is 0 Å². The molecule has 1 atom stereocenters. The Morgan fingerprint density at radius 1 is 1.30 bits per heavy atom. The molecule has 0 fully saturated rings. The number of carbonyl (C=O) groups is 3. The van der Waals surface area contributed by atoms with Crippen molar-refractivity contribution >= 4 is 29.4 Å². The van der Waals surface area contributed by atoms with Gasteiger partial charge in [-0.25, -0.2) is 4.79 Å². The van der Waals surface area contributed by atoms with Crippen LogP contribution in [0.3, 0.4) is 0 Å². The summed E-state index contributed by atoms with van der Waals surface area (Å²) in [6, 6.07) is 7.20. The SMILES string of the molecule is CC1=CC(=O)OCCNC(=O)[C@H](CC(=O)NCc2ccc(Cl)cc2)CC=C1. The number of carbonyl (C=O) groups excluding carboxylic acids is 3. The largest absolute Gasteiger partial charge is 0.461 e. The summed E-state index contributed by atoms with van der Waals surface area (Å²) in [6.07, 6.45) is 5.41. The number of amides is 2. The lowest BCUT2D eigenvalue weighted by molar-refractivity contribution is -0.138. The summed E-state index contributed by atoms with van der Waals surface area (Å²) in [5.74, 6) is -1.37. The molecule has 2 amide bonds. The summed E-state index contributed by atoms with van der Waals surface area (Å²) in [7, 11) is 0. The van der Waals surface area contributed by atoms with Crippen LogP contribution in [-0.4, -0.2) is 30.9 Å². The summed E-state index contributed by atoms with van der Waals surface area (Å²) in [6.45, 7) is 2.45. The van der Waals surface area contributed by atoms with Gasteiger partial charge in [0.2, 0.25) is 11.8 Å². The van der Waals surface area contributed by atoms with Gasteiger partial charge < -0.3 is 15.4 Å². The van der Waals surface area contributed by atoms with E-state index in [1.54, 1.807) is 31.2 Å². The Morgan fingerprint density at radius 2 is 2.04 bits per heavy atom. The number of allylic oxidation sites excluding steroid dienone is 3. The van der Waals surface area contributed by atoms with Gasteiger partial charge in [0.15, 0.2) is 0 Å². The van der Waals surface area contributed by atoms with Crippen LogP contribution in [0.1, 0.15) is 25.3 Å². The van der Waals surface area contributed by atoms with E-state index in [9.17, 15) is 14.4 Å². The molecule has 1 aliphatic rings. The fraction of sp³-hybridized carbons (Fsp3) is 0.350. The molecule has 1 aromatic carbocycles. The van der Waals surface area contributed by atoms with E-state index in [1.807, 2.05) is 12.1 Å². The Bertz CT molecular complexity index is 741. The van der Waals surface area contributed by atoms with Crippen molar-refractivity contribution in [1.82, 2.24) is 10.6 Å². The van der Waals surface area contributed by atoms with E-state index in [0.29, 0.717) is 18.0 Å². The van der Waals surface area contributed by atoms with E-state index in [0.717, 1.165) is 11.1 Å². The average Bonchev–Trinajstić information content (AvgIpc) is 2.63. The van der Waals surface area contributed by atoms with Crippen molar-refractivity contribution in [2.75, 3.05) is 13.2 Å². The van der Waals surface area contributed by atoms with E-state index in [-0.39, 0.29) is 31.4 Å². The van der Waals surface area contributed by atoms with Gasteiger partial charge >= 0.3 is 5.97 Å². The van der Waals surface area contributed by atoms with Crippen molar-refractivity contribution in [3.05, 3.63) is 58.7 Å². The number of rotatable bonds is 4. The van der Waals surface area contributed by atoms with Crippen LogP contribution < -0.4 is 10.6 Å². The molecule has 0 saturated carbocycles. The maximum absolute atomic E-state index is 12.3. The first-order valence-corrected chi connectivity index (χ1v) is 9.12. The number of halogens is 1. The highest BCUT2D eigenvalue weighted by Gasteiger charge is 2.21. The van der Waals surface area contributed by atoms with Crippen LogP contribution in [0.4, 0.5) is 0 Å². The van der Waals surface area contributed by atoms with E-state index in [4.69, 9.17) is 16.3 Å². The van der Waals surface area contributed by atoms with Crippen molar-refractivity contribution in [2.45, 2.75) is 26.3 Å². The van der Waals surface area contributed by atoms with E-state index in [2.05, 4.69) is 10.6 Å². The van der Waals surface area contributed by atoms with Crippen molar-refractivity contribution < 1.29 is 19.1 Å². The standard InChI is InChI=1S/C20H23ClN2O4/c1-14-3-2-4-16(20(26)22-9-10-27-19(25)11-14)12-18(24)23-13-15-5-7-17(21)8-6-15/h2-3,5-8,11,16H,4,9-10,12-13H2,1H3,(H,22,26)(H,23,24)/t16-/m0/s1. The van der Waals surface area contributed by atoms with Crippen LogP contribution in [0, 0.1) is 5.92 Å². The molecular weight excluding hydrogens is 368 g/mol. The van der Waals surface area contributed by atoms with Gasteiger partial charge in [0.1, 0.15) is 6.61 Å². The molecule has 0 bridgehead atoms. The third-order valence-corrected chi connectivity index (χ3v) is 4.25. The molecule has 7 heteroatoms. The molecule has 1 aromatic rings. The highest BCUT2D eigenvalue weighted by atomic mass is 35.5. The van der Waals surface area contributed by atoms with E-state index >= 15 is 0 Å². The van der Waals surface area contributed by atoms with Crippen molar-refractivity contribution in [1.29, 1.82) is 0 Å². The first kappa shape index (κ1) is 20.7. The number of hydrogen-bond donors (Lipinski definition) is 2. The van der Waals surface area contributed by atoms with Crippen LogP contribution in [0.15, 0.2) is 48.1 Å². The molecule has 0 aromatic heterocycles.